The van der Waals surface area contributed by atoms with E-state index in [4.69, 9.17) is 34.8 Å². The highest BCUT2D eigenvalue weighted by atomic mass is 35.5. The van der Waals surface area contributed by atoms with Crippen molar-refractivity contribution in [2.45, 2.75) is 43.2 Å². The van der Waals surface area contributed by atoms with Gasteiger partial charge in [-0.15, -0.1) is 5.10 Å². The molecule has 4 aromatic rings. The molecule has 1 aromatic heterocycles. The fourth-order valence-electron chi connectivity index (χ4n) is 6.54. The van der Waals surface area contributed by atoms with E-state index in [0.29, 0.717) is 39.3 Å². The van der Waals surface area contributed by atoms with Crippen LogP contribution in [0.25, 0.3) is 16.5 Å². The van der Waals surface area contributed by atoms with Crippen molar-refractivity contribution in [2.24, 2.45) is 0 Å². The lowest BCUT2D eigenvalue weighted by atomic mass is 9.90. The SMILES string of the molecule is CC1(c2ccc3ccccc3c2)NC(=O)N(CC(=O)N2CCC(c3cn(-c4c(Cl)cc(Cl)cc4Cl)nn3)C23CC3)C1=O. The zero-order valence-electron chi connectivity index (χ0n) is 22.5. The second-order valence-electron chi connectivity index (χ2n) is 11.3. The van der Waals surface area contributed by atoms with Gasteiger partial charge >= 0.3 is 6.03 Å². The zero-order valence-corrected chi connectivity index (χ0v) is 24.7. The van der Waals surface area contributed by atoms with Gasteiger partial charge in [-0.25, -0.2) is 9.48 Å². The summed E-state index contributed by atoms with van der Waals surface area (Å²) in [4.78, 5) is 43.2. The molecule has 1 spiro atoms. The van der Waals surface area contributed by atoms with Crippen molar-refractivity contribution in [3.8, 4) is 5.69 Å². The van der Waals surface area contributed by atoms with Crippen LogP contribution in [0.15, 0.2) is 60.8 Å². The van der Waals surface area contributed by atoms with Crippen LogP contribution in [0.5, 0.6) is 0 Å². The number of imide groups is 1. The van der Waals surface area contributed by atoms with E-state index < -0.39 is 23.0 Å². The van der Waals surface area contributed by atoms with Crippen molar-refractivity contribution in [1.29, 1.82) is 0 Å². The molecule has 2 unspecified atom stereocenters. The third kappa shape index (κ3) is 4.17. The van der Waals surface area contributed by atoms with Gasteiger partial charge in [-0.05, 0) is 60.7 Å². The minimum Gasteiger partial charge on any atom is -0.335 e. The Balaban J connectivity index is 1.09. The summed E-state index contributed by atoms with van der Waals surface area (Å²) in [5.41, 5.74) is 0.175. The average Bonchev–Trinajstić information content (AvgIpc) is 3.34. The third-order valence-corrected chi connectivity index (χ3v) is 9.66. The number of hydrogen-bond acceptors (Lipinski definition) is 5. The number of fused-ring (bicyclic) bond motifs is 1. The first-order chi connectivity index (χ1) is 20.1. The number of benzene rings is 3. The maximum Gasteiger partial charge on any atom is 0.325 e. The van der Waals surface area contributed by atoms with E-state index in [1.807, 2.05) is 47.4 Å². The highest BCUT2D eigenvalue weighted by Crippen LogP contribution is 2.57. The standard InChI is InChI=1S/C30H25Cl3N6O3/c1-29(19-7-6-17-4-2-3-5-18(17)12-19)27(41)37(28(42)34-29)16-25(40)38-11-8-21(30(38)9-10-30)24-15-39(36-35-24)26-22(32)13-20(31)14-23(26)33/h2-7,12-15,21H,8-11,16H2,1H3,(H,34,42). The number of urea groups is 1. The number of hydrogen-bond donors (Lipinski definition) is 1. The average molecular weight is 624 g/mol. The van der Waals surface area contributed by atoms with E-state index in [0.717, 1.165) is 34.2 Å². The molecular weight excluding hydrogens is 599 g/mol. The molecular formula is C30H25Cl3N6O3. The van der Waals surface area contributed by atoms with E-state index in [-0.39, 0.29) is 18.4 Å². The largest absolute Gasteiger partial charge is 0.335 e. The normalized spacial score (nSPS) is 22.8. The molecule has 7 rings (SSSR count). The van der Waals surface area contributed by atoms with Gasteiger partial charge in [-0.3, -0.25) is 14.5 Å². The van der Waals surface area contributed by atoms with Crippen LogP contribution in [0.3, 0.4) is 0 Å². The molecule has 12 heteroatoms. The van der Waals surface area contributed by atoms with Crippen LogP contribution in [0, 0.1) is 0 Å². The van der Waals surface area contributed by atoms with Crippen LogP contribution in [-0.4, -0.2) is 61.3 Å². The third-order valence-electron chi connectivity index (χ3n) is 8.86. The number of rotatable bonds is 5. The number of carbonyl (C=O) groups excluding carboxylic acids is 3. The summed E-state index contributed by atoms with van der Waals surface area (Å²) in [5, 5.41) is 14.6. The van der Waals surface area contributed by atoms with E-state index in [1.165, 1.54) is 4.68 Å². The molecule has 4 amide bonds. The maximum absolute atomic E-state index is 13.7. The molecule has 3 fully saturated rings. The van der Waals surface area contributed by atoms with Crippen LogP contribution in [0.2, 0.25) is 15.1 Å². The zero-order chi connectivity index (χ0) is 29.4. The molecule has 42 heavy (non-hydrogen) atoms. The van der Waals surface area contributed by atoms with E-state index in [1.54, 1.807) is 25.3 Å². The minimum absolute atomic E-state index is 0.0500. The predicted molar refractivity (Wildman–Crippen MR) is 159 cm³/mol. The van der Waals surface area contributed by atoms with Gasteiger partial charge in [0, 0.05) is 17.5 Å². The Morgan fingerprint density at radius 3 is 2.45 bits per heavy atom. The molecule has 3 heterocycles. The van der Waals surface area contributed by atoms with Crippen LogP contribution in [-0.2, 0) is 15.1 Å². The number of nitrogens with one attached hydrogen (secondary N) is 1. The molecule has 2 saturated heterocycles. The molecule has 0 bridgehead atoms. The Kier molecular flexibility index (Phi) is 6.27. The van der Waals surface area contributed by atoms with Crippen molar-refractivity contribution in [3.05, 3.63) is 87.1 Å². The Morgan fingerprint density at radius 2 is 1.74 bits per heavy atom. The summed E-state index contributed by atoms with van der Waals surface area (Å²) in [7, 11) is 0. The summed E-state index contributed by atoms with van der Waals surface area (Å²) in [5.74, 6) is -0.764. The molecule has 2 atom stereocenters. The monoisotopic (exact) mass is 622 g/mol. The summed E-state index contributed by atoms with van der Waals surface area (Å²) < 4.78 is 1.53. The van der Waals surface area contributed by atoms with E-state index in [2.05, 4.69) is 15.6 Å². The molecule has 3 aliphatic rings. The second-order valence-corrected chi connectivity index (χ2v) is 12.6. The van der Waals surface area contributed by atoms with Gasteiger partial charge in [-0.2, -0.15) is 0 Å². The van der Waals surface area contributed by atoms with Crippen LogP contribution in [0.4, 0.5) is 4.79 Å². The van der Waals surface area contributed by atoms with Crippen molar-refractivity contribution in [2.75, 3.05) is 13.1 Å². The molecule has 1 N–H and O–H groups in total. The summed E-state index contributed by atoms with van der Waals surface area (Å²) in [6, 6.07) is 16.1. The summed E-state index contributed by atoms with van der Waals surface area (Å²) in [6.07, 6.45) is 4.06. The molecule has 1 aliphatic carbocycles. The number of halogens is 3. The van der Waals surface area contributed by atoms with Gasteiger partial charge in [0.05, 0.1) is 27.5 Å². The molecule has 2 aliphatic heterocycles. The molecule has 0 radical (unpaired) electrons. The molecule has 1 saturated carbocycles. The second kappa shape index (κ2) is 9.69. The topological polar surface area (TPSA) is 100 Å². The molecule has 3 aromatic carbocycles. The van der Waals surface area contributed by atoms with Crippen molar-refractivity contribution in [3.63, 3.8) is 0 Å². The van der Waals surface area contributed by atoms with Gasteiger partial charge in [0.15, 0.2) is 0 Å². The number of nitrogens with zero attached hydrogens (tertiary/aromatic N) is 5. The Hall–Kier alpha value is -3.66. The Labute approximate surface area is 256 Å². The van der Waals surface area contributed by atoms with Gasteiger partial charge in [0.1, 0.15) is 17.8 Å². The van der Waals surface area contributed by atoms with Crippen LogP contribution in [0.1, 0.15) is 43.4 Å². The van der Waals surface area contributed by atoms with E-state index >= 15 is 0 Å². The van der Waals surface area contributed by atoms with Crippen LogP contribution >= 0.6 is 34.8 Å². The number of carbonyl (C=O) groups is 3. The molecule has 9 nitrogen and oxygen atoms in total. The first-order valence-electron chi connectivity index (χ1n) is 13.6. The Morgan fingerprint density at radius 1 is 1.02 bits per heavy atom. The molecule has 214 valence electrons. The lowest BCUT2D eigenvalue weighted by Crippen LogP contribution is -2.47. The quantitative estimate of drug-likeness (QED) is 0.288. The highest BCUT2D eigenvalue weighted by molar-refractivity contribution is 6.40. The Bertz CT molecular complexity index is 1780. The number of aromatic nitrogens is 3. The van der Waals surface area contributed by atoms with Crippen LogP contribution < -0.4 is 5.32 Å². The first-order valence-corrected chi connectivity index (χ1v) is 14.8. The number of amides is 4. The lowest BCUT2D eigenvalue weighted by molar-refractivity contribution is -0.139. The fourth-order valence-corrected chi connectivity index (χ4v) is 7.53. The smallest absolute Gasteiger partial charge is 0.325 e. The first kappa shape index (κ1) is 27.2. The highest BCUT2D eigenvalue weighted by Gasteiger charge is 2.61. The van der Waals surface area contributed by atoms with Gasteiger partial charge in [-0.1, -0.05) is 76.4 Å². The minimum atomic E-state index is -1.27. The summed E-state index contributed by atoms with van der Waals surface area (Å²) >= 11 is 18.8. The lowest BCUT2D eigenvalue weighted by Gasteiger charge is -2.29. The van der Waals surface area contributed by atoms with E-state index in [9.17, 15) is 14.4 Å². The summed E-state index contributed by atoms with van der Waals surface area (Å²) in [6.45, 7) is 1.84. The van der Waals surface area contributed by atoms with Gasteiger partial charge in [0.2, 0.25) is 5.91 Å². The fraction of sp³-hybridized carbons (Fsp3) is 0.300. The van der Waals surface area contributed by atoms with Gasteiger partial charge in [0.25, 0.3) is 5.91 Å². The van der Waals surface area contributed by atoms with Crippen molar-refractivity contribution < 1.29 is 14.4 Å². The van der Waals surface area contributed by atoms with Crippen molar-refractivity contribution >= 4 is 63.4 Å². The predicted octanol–water partition coefficient (Wildman–Crippen LogP) is 5.70. The maximum atomic E-state index is 13.7. The number of likely N-dealkylation sites (tertiary alicyclic amines) is 1. The van der Waals surface area contributed by atoms with Gasteiger partial charge < -0.3 is 10.2 Å². The van der Waals surface area contributed by atoms with Crippen molar-refractivity contribution in [1.82, 2.24) is 30.1 Å².